The lowest BCUT2D eigenvalue weighted by Gasteiger charge is -2.13. The average Bonchev–Trinajstić information content (AvgIpc) is 2.91. The highest BCUT2D eigenvalue weighted by Gasteiger charge is 2.17. The van der Waals surface area contributed by atoms with Crippen molar-refractivity contribution < 1.29 is 23.0 Å². The average molecular weight is 514 g/mol. The minimum Gasteiger partial charge on any atom is -0.481 e. The van der Waals surface area contributed by atoms with Crippen molar-refractivity contribution in [1.29, 1.82) is 0 Å². The van der Waals surface area contributed by atoms with Gasteiger partial charge in [-0.05, 0) is 61.5 Å². The Morgan fingerprint density at radius 1 is 0.947 bits per heavy atom. The van der Waals surface area contributed by atoms with Gasteiger partial charge in [-0.15, -0.1) is 0 Å². The topological polar surface area (TPSA) is 95.3 Å². The zero-order valence-corrected chi connectivity index (χ0v) is 20.2. The number of benzene rings is 2. The van der Waals surface area contributed by atoms with Crippen LogP contribution in [0.25, 0.3) is 16.7 Å². The van der Waals surface area contributed by atoms with Gasteiger partial charge in [0.1, 0.15) is 16.9 Å². The summed E-state index contributed by atoms with van der Waals surface area (Å²) < 4.78 is 40.5. The summed E-state index contributed by atoms with van der Waals surface area (Å²) in [7, 11) is 1.48. The van der Waals surface area contributed by atoms with Gasteiger partial charge in [0.25, 0.3) is 11.5 Å². The molecule has 8 nitrogen and oxygen atoms in total. The zero-order valence-electron chi connectivity index (χ0n) is 20.2. The molecule has 2 aromatic carbocycles. The summed E-state index contributed by atoms with van der Waals surface area (Å²) in [6.45, 7) is 1.69. The molecule has 0 aliphatic rings. The Bertz CT molecular complexity index is 1740. The van der Waals surface area contributed by atoms with Crippen LogP contribution in [-0.4, -0.2) is 27.6 Å². The molecule has 0 unspecified atom stereocenters. The third kappa shape index (κ3) is 4.79. The van der Waals surface area contributed by atoms with Crippen LogP contribution in [0.4, 0.5) is 14.5 Å². The molecule has 0 saturated heterocycles. The fourth-order valence-corrected chi connectivity index (χ4v) is 3.87. The molecular formula is C28H20F2N4O4. The van der Waals surface area contributed by atoms with Gasteiger partial charge in [0, 0.05) is 41.5 Å². The highest BCUT2D eigenvalue weighted by Crippen LogP contribution is 2.31. The van der Waals surface area contributed by atoms with Crippen LogP contribution in [0, 0.1) is 18.6 Å². The van der Waals surface area contributed by atoms with E-state index in [0.29, 0.717) is 28.3 Å². The van der Waals surface area contributed by atoms with Gasteiger partial charge in [-0.3, -0.25) is 19.1 Å². The van der Waals surface area contributed by atoms with E-state index in [-0.39, 0.29) is 22.7 Å². The number of nitrogens with one attached hydrogen (secondary N) is 1. The molecule has 0 atom stereocenters. The summed E-state index contributed by atoms with van der Waals surface area (Å²) >= 11 is 0. The maximum Gasteiger partial charge on any atom is 0.268 e. The molecule has 1 amide bonds. The first kappa shape index (κ1) is 24.6. The van der Waals surface area contributed by atoms with Gasteiger partial charge in [0.2, 0.25) is 5.88 Å². The van der Waals surface area contributed by atoms with Crippen molar-refractivity contribution in [3.63, 3.8) is 0 Å². The van der Waals surface area contributed by atoms with Gasteiger partial charge in [0.05, 0.1) is 12.6 Å². The number of nitrogens with zero attached hydrogens (tertiary/aromatic N) is 3. The highest BCUT2D eigenvalue weighted by molar-refractivity contribution is 6.04. The van der Waals surface area contributed by atoms with Crippen molar-refractivity contribution in [1.82, 2.24) is 14.5 Å². The van der Waals surface area contributed by atoms with Crippen LogP contribution in [0.1, 0.15) is 16.1 Å². The summed E-state index contributed by atoms with van der Waals surface area (Å²) in [5.74, 6) is -1.40. The second-order valence-electron chi connectivity index (χ2n) is 8.24. The lowest BCUT2D eigenvalue weighted by molar-refractivity contribution is 0.102. The normalized spacial score (nSPS) is 10.8. The van der Waals surface area contributed by atoms with E-state index in [1.165, 1.54) is 60.3 Å². The van der Waals surface area contributed by atoms with Crippen molar-refractivity contribution in [2.75, 3.05) is 12.4 Å². The van der Waals surface area contributed by atoms with E-state index < -0.39 is 23.1 Å². The number of halogens is 2. The number of carbonyl (C=O) groups excluding carboxylic acids is 1. The maximum atomic E-state index is 15.0. The van der Waals surface area contributed by atoms with Crippen LogP contribution in [0.3, 0.4) is 0 Å². The van der Waals surface area contributed by atoms with E-state index >= 15 is 0 Å². The number of aromatic nitrogens is 3. The number of anilines is 1. The zero-order chi connectivity index (χ0) is 26.8. The van der Waals surface area contributed by atoms with Crippen LogP contribution < -0.4 is 20.3 Å². The number of amides is 1. The summed E-state index contributed by atoms with van der Waals surface area (Å²) in [5, 5.41) is 2.54. The largest absolute Gasteiger partial charge is 0.481 e. The van der Waals surface area contributed by atoms with E-state index in [1.807, 2.05) is 0 Å². The Morgan fingerprint density at radius 3 is 2.47 bits per heavy atom. The Labute approximate surface area is 215 Å². The van der Waals surface area contributed by atoms with Gasteiger partial charge < -0.3 is 14.8 Å². The molecule has 3 aromatic heterocycles. The third-order valence-electron chi connectivity index (χ3n) is 5.75. The van der Waals surface area contributed by atoms with Crippen LogP contribution in [0.2, 0.25) is 0 Å². The van der Waals surface area contributed by atoms with Gasteiger partial charge in [-0.2, -0.15) is 0 Å². The number of ether oxygens (including phenoxy) is 2. The van der Waals surface area contributed by atoms with Gasteiger partial charge >= 0.3 is 0 Å². The second kappa shape index (κ2) is 10.1. The van der Waals surface area contributed by atoms with Crippen molar-refractivity contribution in [3.05, 3.63) is 112 Å². The van der Waals surface area contributed by atoms with Crippen LogP contribution in [0.15, 0.2) is 83.8 Å². The number of carbonyl (C=O) groups is 1. The second-order valence-corrected chi connectivity index (χ2v) is 8.24. The van der Waals surface area contributed by atoms with Crippen molar-refractivity contribution in [2.24, 2.45) is 0 Å². The maximum absolute atomic E-state index is 15.0. The van der Waals surface area contributed by atoms with Crippen LogP contribution in [0.5, 0.6) is 17.4 Å². The quantitative estimate of drug-likeness (QED) is 0.325. The van der Waals surface area contributed by atoms with E-state index in [4.69, 9.17) is 9.47 Å². The van der Waals surface area contributed by atoms with E-state index in [2.05, 4.69) is 15.3 Å². The van der Waals surface area contributed by atoms with E-state index in [1.54, 1.807) is 31.2 Å². The number of hydrogen-bond acceptors (Lipinski definition) is 6. The first-order chi connectivity index (χ1) is 18.3. The third-order valence-corrected chi connectivity index (χ3v) is 5.75. The molecule has 10 heteroatoms. The Hall–Kier alpha value is -5.12. The number of aryl methyl sites for hydroxylation is 1. The number of pyridine rings is 3. The summed E-state index contributed by atoms with van der Waals surface area (Å²) in [4.78, 5) is 34.5. The van der Waals surface area contributed by atoms with Gasteiger partial charge in [-0.1, -0.05) is 0 Å². The van der Waals surface area contributed by atoms with Crippen molar-refractivity contribution in [3.8, 4) is 23.1 Å². The number of rotatable bonds is 6. The molecule has 3 heterocycles. The molecule has 5 aromatic rings. The minimum atomic E-state index is -0.747. The predicted octanol–water partition coefficient (Wildman–Crippen LogP) is 5.42. The number of hydrogen-bond donors (Lipinski definition) is 1. The molecule has 0 radical (unpaired) electrons. The fourth-order valence-electron chi connectivity index (χ4n) is 3.87. The Balaban J connectivity index is 1.39. The molecule has 0 aliphatic carbocycles. The molecule has 190 valence electrons. The molecule has 0 aliphatic heterocycles. The van der Waals surface area contributed by atoms with Crippen LogP contribution >= 0.6 is 0 Å². The lowest BCUT2D eigenvalue weighted by Crippen LogP contribution is -2.29. The molecule has 5 rings (SSSR count). The van der Waals surface area contributed by atoms with Gasteiger partial charge in [0.15, 0.2) is 17.3 Å². The number of fused-ring (bicyclic) bond motifs is 1. The fraction of sp³-hybridized carbons (Fsp3) is 0.0714. The van der Waals surface area contributed by atoms with Crippen molar-refractivity contribution in [2.45, 2.75) is 6.92 Å². The Kier molecular flexibility index (Phi) is 6.53. The smallest absolute Gasteiger partial charge is 0.268 e. The summed E-state index contributed by atoms with van der Waals surface area (Å²) in [5.41, 5.74) is 1.25. The van der Waals surface area contributed by atoms with E-state index in [9.17, 15) is 18.4 Å². The van der Waals surface area contributed by atoms with Crippen molar-refractivity contribution >= 4 is 22.6 Å². The molecule has 0 saturated carbocycles. The minimum absolute atomic E-state index is 0.103. The standard InChI is InChI=1S/C28H20F2N4O4/c1-16-3-9-20(28(36)34(16)19-7-4-17(29)5-8-19)27(35)32-18-6-11-23(21(30)15-18)38-24-13-14-31-22-10-12-25(37-2)33-26(22)24/h3-15H,1-2H3,(H,32,35). The first-order valence-electron chi connectivity index (χ1n) is 11.4. The SMILES string of the molecule is COc1ccc2nccc(Oc3ccc(NC(=O)c4ccc(C)n(-c5ccc(F)cc5)c4=O)cc3F)c2n1. The predicted molar refractivity (Wildman–Crippen MR) is 137 cm³/mol. The molecule has 0 fully saturated rings. The number of methoxy groups -OCH3 is 1. The van der Waals surface area contributed by atoms with E-state index in [0.717, 1.165) is 6.07 Å². The molecule has 38 heavy (non-hydrogen) atoms. The summed E-state index contributed by atoms with van der Waals surface area (Å²) in [6, 6.07) is 17.1. The molecule has 0 bridgehead atoms. The molecule has 0 spiro atoms. The van der Waals surface area contributed by atoms with Gasteiger partial charge in [-0.25, -0.2) is 13.8 Å². The summed E-state index contributed by atoms with van der Waals surface area (Å²) in [6.07, 6.45) is 1.51. The molecule has 1 N–H and O–H groups in total. The molecular weight excluding hydrogens is 494 g/mol. The monoisotopic (exact) mass is 514 g/mol. The Morgan fingerprint density at radius 2 is 1.74 bits per heavy atom. The lowest BCUT2D eigenvalue weighted by atomic mass is 10.2. The highest BCUT2D eigenvalue weighted by atomic mass is 19.1. The first-order valence-corrected chi connectivity index (χ1v) is 11.4. The van der Waals surface area contributed by atoms with Crippen LogP contribution in [-0.2, 0) is 0 Å².